The number of fused-ring (bicyclic) bond motifs is 1. The number of hydrogen-bond acceptors (Lipinski definition) is 4. The SMILES string of the molecule is CCC(C)c1cc(C(=O)NCC2NCCc3ccccc32)on1. The standard InChI is InChI=1S/C18H23N3O2/c1-3-12(2)15-10-17(23-21-15)18(22)20-11-16-14-7-5-4-6-13(14)8-9-19-16/h4-7,10,12,16,19H,3,8-9,11H2,1-2H3,(H,20,22). The van der Waals surface area contributed by atoms with Crippen LogP contribution in [0.4, 0.5) is 0 Å². The van der Waals surface area contributed by atoms with Crippen LogP contribution in [0.2, 0.25) is 0 Å². The van der Waals surface area contributed by atoms with Crippen LogP contribution < -0.4 is 10.6 Å². The van der Waals surface area contributed by atoms with E-state index in [1.807, 2.05) is 6.07 Å². The lowest BCUT2D eigenvalue weighted by Gasteiger charge is -2.26. The van der Waals surface area contributed by atoms with Crippen LogP contribution >= 0.6 is 0 Å². The number of nitrogens with zero attached hydrogens (tertiary/aromatic N) is 1. The molecule has 0 aliphatic carbocycles. The summed E-state index contributed by atoms with van der Waals surface area (Å²) in [6.07, 6.45) is 2.00. The molecule has 1 aromatic heterocycles. The van der Waals surface area contributed by atoms with Gasteiger partial charge in [-0.1, -0.05) is 43.3 Å². The van der Waals surface area contributed by atoms with Gasteiger partial charge in [0.25, 0.3) is 5.91 Å². The van der Waals surface area contributed by atoms with E-state index in [0.29, 0.717) is 12.5 Å². The largest absolute Gasteiger partial charge is 0.351 e. The summed E-state index contributed by atoms with van der Waals surface area (Å²) in [5.41, 5.74) is 3.44. The number of aromatic nitrogens is 1. The molecular formula is C18H23N3O2. The average Bonchev–Trinajstić information content (AvgIpc) is 3.09. The van der Waals surface area contributed by atoms with Crippen molar-refractivity contribution >= 4 is 5.91 Å². The van der Waals surface area contributed by atoms with Gasteiger partial charge in [-0.15, -0.1) is 0 Å². The molecule has 1 aliphatic rings. The average molecular weight is 313 g/mol. The number of nitrogens with one attached hydrogen (secondary N) is 2. The van der Waals surface area contributed by atoms with Gasteiger partial charge < -0.3 is 15.2 Å². The van der Waals surface area contributed by atoms with E-state index in [9.17, 15) is 4.79 Å². The summed E-state index contributed by atoms with van der Waals surface area (Å²) in [5.74, 6) is 0.369. The highest BCUT2D eigenvalue weighted by atomic mass is 16.5. The Morgan fingerprint density at radius 3 is 3.13 bits per heavy atom. The molecule has 1 aliphatic heterocycles. The van der Waals surface area contributed by atoms with Crippen LogP contribution in [0.25, 0.3) is 0 Å². The topological polar surface area (TPSA) is 67.2 Å². The maximum atomic E-state index is 12.3. The normalized spacial score (nSPS) is 18.3. The molecule has 0 saturated heterocycles. The first kappa shape index (κ1) is 15.7. The zero-order valence-corrected chi connectivity index (χ0v) is 13.6. The number of carbonyl (C=O) groups is 1. The Bertz CT molecular complexity index is 680. The Morgan fingerprint density at radius 2 is 2.30 bits per heavy atom. The van der Waals surface area contributed by atoms with Gasteiger partial charge in [-0.2, -0.15) is 0 Å². The molecule has 2 heterocycles. The molecule has 0 bridgehead atoms. The second-order valence-corrected chi connectivity index (χ2v) is 6.09. The Hall–Kier alpha value is -2.14. The van der Waals surface area contributed by atoms with Crippen LogP contribution in [0.15, 0.2) is 34.9 Å². The van der Waals surface area contributed by atoms with E-state index in [1.54, 1.807) is 6.07 Å². The number of rotatable bonds is 5. The van der Waals surface area contributed by atoms with E-state index >= 15 is 0 Å². The van der Waals surface area contributed by atoms with Crippen LogP contribution in [0, 0.1) is 0 Å². The summed E-state index contributed by atoms with van der Waals surface area (Å²) < 4.78 is 5.18. The molecule has 2 N–H and O–H groups in total. The highest BCUT2D eigenvalue weighted by molar-refractivity contribution is 5.91. The summed E-state index contributed by atoms with van der Waals surface area (Å²) >= 11 is 0. The van der Waals surface area contributed by atoms with Gasteiger partial charge >= 0.3 is 0 Å². The zero-order chi connectivity index (χ0) is 16.2. The number of benzene rings is 1. The molecule has 0 fully saturated rings. The van der Waals surface area contributed by atoms with Gasteiger partial charge in [-0.3, -0.25) is 4.79 Å². The predicted molar refractivity (Wildman–Crippen MR) is 88.4 cm³/mol. The molecule has 2 unspecified atom stereocenters. The van der Waals surface area contributed by atoms with E-state index in [1.165, 1.54) is 11.1 Å². The zero-order valence-electron chi connectivity index (χ0n) is 13.6. The van der Waals surface area contributed by atoms with Crippen molar-refractivity contribution in [2.75, 3.05) is 13.1 Å². The summed E-state index contributed by atoms with van der Waals surface area (Å²) in [7, 11) is 0. The molecular weight excluding hydrogens is 290 g/mol. The first-order chi connectivity index (χ1) is 11.2. The molecule has 23 heavy (non-hydrogen) atoms. The Morgan fingerprint density at radius 1 is 1.48 bits per heavy atom. The monoisotopic (exact) mass is 313 g/mol. The fraction of sp³-hybridized carbons (Fsp3) is 0.444. The lowest BCUT2D eigenvalue weighted by Crippen LogP contribution is -2.38. The molecule has 1 amide bonds. The second-order valence-electron chi connectivity index (χ2n) is 6.09. The van der Waals surface area contributed by atoms with Gasteiger partial charge in [0.1, 0.15) is 0 Å². The molecule has 0 radical (unpaired) electrons. The Kier molecular flexibility index (Phi) is 4.76. The number of carbonyl (C=O) groups excluding carboxylic acids is 1. The van der Waals surface area contributed by atoms with E-state index in [2.05, 4.69) is 47.8 Å². The number of hydrogen-bond donors (Lipinski definition) is 2. The molecule has 5 heteroatoms. The molecule has 3 rings (SSSR count). The van der Waals surface area contributed by atoms with Gasteiger partial charge in [0.15, 0.2) is 0 Å². The van der Waals surface area contributed by atoms with Crippen LogP contribution in [0.3, 0.4) is 0 Å². The minimum atomic E-state index is -0.211. The summed E-state index contributed by atoms with van der Waals surface area (Å²) in [5, 5.41) is 10.4. The van der Waals surface area contributed by atoms with Crippen molar-refractivity contribution in [1.82, 2.24) is 15.8 Å². The maximum Gasteiger partial charge on any atom is 0.289 e. The molecule has 0 spiro atoms. The van der Waals surface area contributed by atoms with Crippen molar-refractivity contribution in [2.45, 2.75) is 38.6 Å². The van der Waals surface area contributed by atoms with Crippen molar-refractivity contribution < 1.29 is 9.32 Å². The van der Waals surface area contributed by atoms with Crippen LogP contribution in [0.5, 0.6) is 0 Å². The fourth-order valence-electron chi connectivity index (χ4n) is 2.89. The summed E-state index contributed by atoms with van der Waals surface area (Å²) in [4.78, 5) is 12.3. The Balaban J connectivity index is 1.63. The quantitative estimate of drug-likeness (QED) is 0.891. The van der Waals surface area contributed by atoms with Crippen LogP contribution in [-0.4, -0.2) is 24.2 Å². The highest BCUT2D eigenvalue weighted by Gasteiger charge is 2.21. The van der Waals surface area contributed by atoms with Crippen LogP contribution in [0.1, 0.15) is 59.6 Å². The third-order valence-corrected chi connectivity index (χ3v) is 4.55. The first-order valence-corrected chi connectivity index (χ1v) is 8.25. The lowest BCUT2D eigenvalue weighted by atomic mass is 9.94. The first-order valence-electron chi connectivity index (χ1n) is 8.25. The van der Waals surface area contributed by atoms with Gasteiger partial charge in [0.2, 0.25) is 5.76 Å². The van der Waals surface area contributed by atoms with E-state index in [-0.39, 0.29) is 17.7 Å². The summed E-state index contributed by atoms with van der Waals surface area (Å²) in [6.45, 7) is 5.63. The maximum absolute atomic E-state index is 12.3. The van der Waals surface area contributed by atoms with Gasteiger partial charge in [0.05, 0.1) is 5.69 Å². The second kappa shape index (κ2) is 6.96. The van der Waals surface area contributed by atoms with E-state index in [0.717, 1.165) is 25.1 Å². The fourth-order valence-corrected chi connectivity index (χ4v) is 2.89. The van der Waals surface area contributed by atoms with Crippen molar-refractivity contribution in [1.29, 1.82) is 0 Å². The van der Waals surface area contributed by atoms with Crippen LogP contribution in [-0.2, 0) is 6.42 Å². The molecule has 5 nitrogen and oxygen atoms in total. The molecule has 2 atom stereocenters. The smallest absolute Gasteiger partial charge is 0.289 e. The minimum absolute atomic E-state index is 0.140. The Labute approximate surface area is 136 Å². The lowest BCUT2D eigenvalue weighted by molar-refractivity contribution is 0.0912. The highest BCUT2D eigenvalue weighted by Crippen LogP contribution is 2.22. The third kappa shape index (κ3) is 3.45. The van der Waals surface area contributed by atoms with Crippen molar-refractivity contribution in [3.63, 3.8) is 0 Å². The molecule has 1 aromatic carbocycles. The van der Waals surface area contributed by atoms with Crippen molar-refractivity contribution in [2.24, 2.45) is 0 Å². The van der Waals surface area contributed by atoms with Crippen molar-refractivity contribution in [3.8, 4) is 0 Å². The van der Waals surface area contributed by atoms with E-state index < -0.39 is 0 Å². The number of amides is 1. The summed E-state index contributed by atoms with van der Waals surface area (Å²) in [6, 6.07) is 10.3. The van der Waals surface area contributed by atoms with Gasteiger partial charge in [0, 0.05) is 24.6 Å². The van der Waals surface area contributed by atoms with Gasteiger partial charge in [-0.25, -0.2) is 0 Å². The predicted octanol–water partition coefficient (Wildman–Crippen LogP) is 2.80. The minimum Gasteiger partial charge on any atom is -0.351 e. The third-order valence-electron chi connectivity index (χ3n) is 4.55. The van der Waals surface area contributed by atoms with Gasteiger partial charge in [-0.05, 0) is 30.5 Å². The molecule has 2 aromatic rings. The van der Waals surface area contributed by atoms with E-state index in [4.69, 9.17) is 4.52 Å². The molecule has 122 valence electrons. The molecule has 0 saturated carbocycles. The van der Waals surface area contributed by atoms with Crippen molar-refractivity contribution in [3.05, 3.63) is 52.9 Å².